The summed E-state index contributed by atoms with van der Waals surface area (Å²) in [6.45, 7) is 2.47. The average Bonchev–Trinajstić information content (AvgIpc) is 3.22. The Labute approximate surface area is 182 Å². The van der Waals surface area contributed by atoms with Crippen molar-refractivity contribution < 1.29 is 9.18 Å². The summed E-state index contributed by atoms with van der Waals surface area (Å²) in [5, 5.41) is 13.6. The molecular formula is C22H18ClFN6O. The Bertz CT molecular complexity index is 1250. The highest BCUT2D eigenvalue weighted by molar-refractivity contribution is 6.30. The van der Waals surface area contributed by atoms with Crippen LogP contribution in [0, 0.1) is 5.82 Å². The Morgan fingerprint density at radius 3 is 2.45 bits per heavy atom. The van der Waals surface area contributed by atoms with Crippen LogP contribution in [0.2, 0.25) is 5.02 Å². The van der Waals surface area contributed by atoms with Gasteiger partial charge in [0.1, 0.15) is 11.6 Å². The van der Waals surface area contributed by atoms with Gasteiger partial charge in [0.05, 0.1) is 0 Å². The zero-order valence-corrected chi connectivity index (χ0v) is 17.2. The molecule has 1 aliphatic rings. The van der Waals surface area contributed by atoms with E-state index >= 15 is 0 Å². The molecule has 0 aliphatic carbocycles. The largest absolute Gasteiger partial charge is 0.352 e. The first-order valence-corrected chi connectivity index (χ1v) is 10.2. The van der Waals surface area contributed by atoms with E-state index in [1.807, 2.05) is 17.0 Å². The predicted molar refractivity (Wildman–Crippen MR) is 116 cm³/mol. The molecule has 0 radical (unpaired) electrons. The first kappa shape index (κ1) is 19.4. The molecule has 0 bridgehead atoms. The van der Waals surface area contributed by atoms with Crippen LogP contribution in [0.15, 0.2) is 60.7 Å². The number of nitrogens with zero attached hydrogens (tertiary/aromatic N) is 6. The van der Waals surface area contributed by atoms with Crippen LogP contribution < -0.4 is 4.90 Å². The lowest BCUT2D eigenvalue weighted by molar-refractivity contribution is 0.0746. The number of fused-ring (bicyclic) bond motifs is 1. The van der Waals surface area contributed by atoms with Gasteiger partial charge in [-0.05, 0) is 54.6 Å². The number of carbonyl (C=O) groups excluding carboxylic acids is 1. The Balaban J connectivity index is 1.34. The molecule has 2 aromatic heterocycles. The molecule has 0 atom stereocenters. The lowest BCUT2D eigenvalue weighted by Crippen LogP contribution is -2.49. The highest BCUT2D eigenvalue weighted by Gasteiger charge is 2.23. The average molecular weight is 437 g/mol. The van der Waals surface area contributed by atoms with Crippen LogP contribution in [0.1, 0.15) is 10.4 Å². The maximum absolute atomic E-state index is 13.3. The number of anilines is 1. The number of aromatic nitrogens is 4. The van der Waals surface area contributed by atoms with Crippen molar-refractivity contribution in [3.8, 4) is 11.4 Å². The lowest BCUT2D eigenvalue weighted by atomic mass is 10.2. The molecule has 1 fully saturated rings. The number of rotatable bonds is 3. The van der Waals surface area contributed by atoms with E-state index in [0.717, 1.165) is 11.4 Å². The molecule has 31 heavy (non-hydrogen) atoms. The molecule has 156 valence electrons. The molecule has 4 aromatic rings. The van der Waals surface area contributed by atoms with E-state index in [0.29, 0.717) is 48.2 Å². The van der Waals surface area contributed by atoms with Gasteiger partial charge in [-0.25, -0.2) is 4.39 Å². The number of piperazine rings is 1. The fourth-order valence-corrected chi connectivity index (χ4v) is 3.86. The maximum atomic E-state index is 13.3. The summed E-state index contributed by atoms with van der Waals surface area (Å²) >= 11 is 6.02. The van der Waals surface area contributed by atoms with Crippen molar-refractivity contribution in [2.45, 2.75) is 0 Å². The van der Waals surface area contributed by atoms with Crippen LogP contribution in [0.3, 0.4) is 0 Å². The van der Waals surface area contributed by atoms with Crippen molar-refractivity contribution >= 4 is 29.0 Å². The molecule has 2 aromatic carbocycles. The highest BCUT2D eigenvalue weighted by Crippen LogP contribution is 2.21. The smallest absolute Gasteiger partial charge is 0.254 e. The minimum atomic E-state index is -0.309. The first-order chi connectivity index (χ1) is 15.1. The van der Waals surface area contributed by atoms with Crippen molar-refractivity contribution in [2.75, 3.05) is 31.1 Å². The van der Waals surface area contributed by atoms with Gasteiger partial charge in [0.2, 0.25) is 0 Å². The molecule has 1 saturated heterocycles. The van der Waals surface area contributed by atoms with E-state index in [2.05, 4.69) is 15.1 Å². The lowest BCUT2D eigenvalue weighted by Gasteiger charge is -2.35. The normalized spacial score (nSPS) is 14.3. The van der Waals surface area contributed by atoms with Crippen molar-refractivity contribution in [3.05, 3.63) is 77.1 Å². The second-order valence-electron chi connectivity index (χ2n) is 7.28. The Morgan fingerprint density at radius 1 is 0.935 bits per heavy atom. The summed E-state index contributed by atoms with van der Waals surface area (Å²) in [5.74, 6) is 0.983. The maximum Gasteiger partial charge on any atom is 0.254 e. The number of hydrogen-bond donors (Lipinski definition) is 0. The molecular weight excluding hydrogens is 419 g/mol. The second kappa shape index (κ2) is 7.96. The fraction of sp³-hybridized carbons (Fsp3) is 0.182. The van der Waals surface area contributed by atoms with Crippen molar-refractivity contribution in [1.29, 1.82) is 0 Å². The molecule has 9 heteroatoms. The molecule has 0 spiro atoms. The Kier molecular flexibility index (Phi) is 4.99. The van der Waals surface area contributed by atoms with Gasteiger partial charge in [0.25, 0.3) is 5.91 Å². The van der Waals surface area contributed by atoms with Crippen LogP contribution in [0.5, 0.6) is 0 Å². The van der Waals surface area contributed by atoms with Crippen LogP contribution in [0.25, 0.3) is 17.0 Å². The molecule has 5 rings (SSSR count). The van der Waals surface area contributed by atoms with E-state index in [9.17, 15) is 9.18 Å². The summed E-state index contributed by atoms with van der Waals surface area (Å²) in [7, 11) is 0. The minimum Gasteiger partial charge on any atom is -0.352 e. The Morgan fingerprint density at radius 2 is 1.71 bits per heavy atom. The zero-order valence-electron chi connectivity index (χ0n) is 16.4. The molecule has 1 aliphatic heterocycles. The van der Waals surface area contributed by atoms with Crippen molar-refractivity contribution in [3.63, 3.8) is 0 Å². The van der Waals surface area contributed by atoms with Crippen LogP contribution >= 0.6 is 11.6 Å². The standard InChI is InChI=1S/C22H18ClFN6O/c23-17-3-1-2-16(14-17)22(31)29-12-10-28(11-13-29)20-9-8-19-25-26-21(30(19)27-20)15-4-6-18(24)7-5-15/h1-9,14H,10-13H2. The fourth-order valence-electron chi connectivity index (χ4n) is 3.67. The third-order valence-electron chi connectivity index (χ3n) is 5.31. The SMILES string of the molecule is O=C(c1cccc(Cl)c1)N1CCN(c2ccc3nnc(-c4ccc(F)cc4)n3n2)CC1. The van der Waals surface area contributed by atoms with Crippen LogP contribution in [-0.4, -0.2) is 56.8 Å². The summed E-state index contributed by atoms with van der Waals surface area (Å²) in [6, 6.07) is 16.8. The summed E-state index contributed by atoms with van der Waals surface area (Å²) in [4.78, 5) is 16.7. The number of carbonyl (C=O) groups is 1. The number of amides is 1. The molecule has 0 saturated carbocycles. The topological polar surface area (TPSA) is 66.6 Å². The summed E-state index contributed by atoms with van der Waals surface area (Å²) in [6.07, 6.45) is 0. The Hall–Kier alpha value is -3.52. The minimum absolute atomic E-state index is 0.0250. The highest BCUT2D eigenvalue weighted by atomic mass is 35.5. The van der Waals surface area contributed by atoms with Gasteiger partial charge in [-0.15, -0.1) is 15.3 Å². The van der Waals surface area contributed by atoms with Crippen molar-refractivity contribution in [2.24, 2.45) is 0 Å². The third-order valence-corrected chi connectivity index (χ3v) is 5.55. The van der Waals surface area contributed by atoms with Gasteiger partial charge in [0, 0.05) is 42.3 Å². The summed E-state index contributed by atoms with van der Waals surface area (Å²) < 4.78 is 14.9. The monoisotopic (exact) mass is 436 g/mol. The predicted octanol–water partition coefficient (Wildman–Crippen LogP) is 3.55. The number of hydrogen-bond acceptors (Lipinski definition) is 5. The van der Waals surface area contributed by atoms with Crippen LogP contribution in [0.4, 0.5) is 10.2 Å². The zero-order chi connectivity index (χ0) is 21.4. The molecule has 7 nitrogen and oxygen atoms in total. The second-order valence-corrected chi connectivity index (χ2v) is 7.72. The molecule has 3 heterocycles. The van der Waals surface area contributed by atoms with Gasteiger partial charge in [-0.2, -0.15) is 4.52 Å². The van der Waals surface area contributed by atoms with Gasteiger partial charge < -0.3 is 9.80 Å². The van der Waals surface area contributed by atoms with Gasteiger partial charge >= 0.3 is 0 Å². The quantitative estimate of drug-likeness (QED) is 0.491. The first-order valence-electron chi connectivity index (χ1n) is 9.87. The molecule has 0 N–H and O–H groups in total. The number of benzene rings is 2. The third kappa shape index (κ3) is 3.82. The van der Waals surface area contributed by atoms with Crippen molar-refractivity contribution in [1.82, 2.24) is 24.7 Å². The van der Waals surface area contributed by atoms with Gasteiger partial charge in [0.15, 0.2) is 11.5 Å². The van der Waals surface area contributed by atoms with E-state index in [-0.39, 0.29) is 11.7 Å². The van der Waals surface area contributed by atoms with Crippen LogP contribution in [-0.2, 0) is 0 Å². The summed E-state index contributed by atoms with van der Waals surface area (Å²) in [5.41, 5.74) is 1.93. The molecule has 1 amide bonds. The van der Waals surface area contributed by atoms with E-state index in [1.165, 1.54) is 12.1 Å². The van der Waals surface area contributed by atoms with Gasteiger partial charge in [-0.3, -0.25) is 4.79 Å². The van der Waals surface area contributed by atoms with E-state index < -0.39 is 0 Å². The number of halogens is 2. The molecule has 0 unspecified atom stereocenters. The van der Waals surface area contributed by atoms with Gasteiger partial charge in [-0.1, -0.05) is 17.7 Å². The van der Waals surface area contributed by atoms with E-state index in [4.69, 9.17) is 16.7 Å². The van der Waals surface area contributed by atoms with E-state index in [1.54, 1.807) is 40.9 Å².